The molecule has 0 saturated carbocycles. The van der Waals surface area contributed by atoms with Gasteiger partial charge in [-0.05, 0) is 80.1 Å². The topological polar surface area (TPSA) is 104 Å². The fourth-order valence-electron chi connectivity index (χ4n) is 6.47. The van der Waals surface area contributed by atoms with Crippen LogP contribution in [0.4, 0.5) is 14.9 Å². The quantitative estimate of drug-likeness (QED) is 0.257. The molecular formula is C36H51FN6O5S. The number of carbonyl (C=O) groups is 2. The van der Waals surface area contributed by atoms with Gasteiger partial charge in [0, 0.05) is 77.2 Å². The Balaban J connectivity index is 1.30. The summed E-state index contributed by atoms with van der Waals surface area (Å²) >= 11 is 1.68. The Kier molecular flexibility index (Phi) is 12.8. The van der Waals surface area contributed by atoms with E-state index >= 15 is 4.39 Å². The van der Waals surface area contributed by atoms with Gasteiger partial charge in [0.05, 0.1) is 23.6 Å². The van der Waals surface area contributed by atoms with E-state index in [2.05, 4.69) is 19.2 Å². The number of nitrogens with zero attached hydrogens (tertiary/aromatic N) is 6. The number of piperazine rings is 2. The lowest BCUT2D eigenvalue weighted by Gasteiger charge is -2.35. The number of aromatic nitrogens is 2. The van der Waals surface area contributed by atoms with Gasteiger partial charge in [-0.1, -0.05) is 26.0 Å². The van der Waals surface area contributed by atoms with E-state index in [9.17, 15) is 14.7 Å². The molecule has 2 aromatic rings. The van der Waals surface area contributed by atoms with Gasteiger partial charge >= 0.3 is 12.1 Å². The van der Waals surface area contributed by atoms with Gasteiger partial charge in [0.25, 0.3) is 0 Å². The number of carbonyl (C=O) groups excluding carboxylic acids is 2. The summed E-state index contributed by atoms with van der Waals surface area (Å²) < 4.78 is 31.1. The molecular weight excluding hydrogens is 647 g/mol. The number of anilines is 1. The number of halogens is 1. The van der Waals surface area contributed by atoms with Crippen LogP contribution in [-0.4, -0.2) is 119 Å². The average Bonchev–Trinajstić information content (AvgIpc) is 3.48. The van der Waals surface area contributed by atoms with Gasteiger partial charge in [-0.3, -0.25) is 9.48 Å². The Labute approximate surface area is 293 Å². The number of aliphatic hydroxyl groups is 1. The number of amides is 1. The van der Waals surface area contributed by atoms with Crippen LogP contribution in [0.3, 0.4) is 0 Å². The summed E-state index contributed by atoms with van der Waals surface area (Å²) in [5.74, 6) is -1.18. The first-order valence-corrected chi connectivity index (χ1v) is 18.1. The van der Waals surface area contributed by atoms with E-state index in [0.29, 0.717) is 31.5 Å². The molecule has 1 amide bonds. The third-order valence-corrected chi connectivity index (χ3v) is 10.6. The maximum Gasteiger partial charge on any atom is 0.410 e. The van der Waals surface area contributed by atoms with Crippen molar-refractivity contribution in [1.82, 2.24) is 23.9 Å². The highest BCUT2D eigenvalue weighted by Gasteiger charge is 2.29. The predicted molar refractivity (Wildman–Crippen MR) is 189 cm³/mol. The number of esters is 1. The third-order valence-electron chi connectivity index (χ3n) is 9.52. The van der Waals surface area contributed by atoms with E-state index in [1.807, 2.05) is 71.6 Å². The molecule has 3 aliphatic heterocycles. The molecule has 1 N–H and O–H groups in total. The molecule has 5 rings (SSSR count). The molecule has 0 spiro atoms. The van der Waals surface area contributed by atoms with Gasteiger partial charge < -0.3 is 29.3 Å². The van der Waals surface area contributed by atoms with E-state index in [0.717, 1.165) is 55.4 Å². The molecule has 13 heteroatoms. The van der Waals surface area contributed by atoms with Crippen molar-refractivity contribution in [2.24, 2.45) is 18.9 Å². The molecule has 5 atom stereocenters. The molecule has 1 aromatic heterocycles. The number of benzene rings is 1. The maximum atomic E-state index is 15.0. The van der Waals surface area contributed by atoms with E-state index in [-0.39, 0.29) is 30.2 Å². The lowest BCUT2D eigenvalue weighted by atomic mass is 9.91. The van der Waals surface area contributed by atoms with E-state index in [1.165, 1.54) is 6.07 Å². The van der Waals surface area contributed by atoms with Gasteiger partial charge in [-0.15, -0.1) is 0 Å². The van der Waals surface area contributed by atoms with Gasteiger partial charge in [0.1, 0.15) is 18.0 Å². The summed E-state index contributed by atoms with van der Waals surface area (Å²) in [6.07, 6.45) is 7.97. The van der Waals surface area contributed by atoms with Crippen LogP contribution in [0.1, 0.15) is 45.6 Å². The molecule has 0 bridgehead atoms. The van der Waals surface area contributed by atoms with Gasteiger partial charge in [-0.2, -0.15) is 5.10 Å². The fourth-order valence-corrected chi connectivity index (χ4v) is 7.41. The van der Waals surface area contributed by atoms with Crippen molar-refractivity contribution in [2.75, 3.05) is 64.3 Å². The smallest absolute Gasteiger partial charge is 0.410 e. The molecule has 2 saturated heterocycles. The van der Waals surface area contributed by atoms with Gasteiger partial charge in [-0.25, -0.2) is 13.5 Å². The van der Waals surface area contributed by atoms with E-state index < -0.39 is 24.3 Å². The summed E-state index contributed by atoms with van der Waals surface area (Å²) in [4.78, 5) is 33.3. The first-order valence-electron chi connectivity index (χ1n) is 17.3. The number of rotatable bonds is 6. The second-order valence-corrected chi connectivity index (χ2v) is 14.9. The SMILES string of the molecule is C/C(=C\c1cc(F)cc(N2CCN(Sc3cnn(C)c3)CC2)c1)[C@H]1OC(=O)C[C@H](O)CC[C@H](C)[C@@H](OC(=O)N2CCN(C)CC2)C=C[C@@H]1C. The number of ether oxygens (including phenoxy) is 2. The molecule has 0 aliphatic carbocycles. The standard InChI is InChI=1S/C36H51FN6O5S/c1-25-6-8-31(44)22-34(45)48-35(26(2)7-9-33(25)47-36(46)42-12-10-39(4)11-13-42)27(3)18-28-19-29(37)21-30(20-28)41-14-16-43(17-15-41)49-32-23-38-40(5)24-32/h7,9,18-21,23-26,31,33,35,44H,6,8,10-17,22H2,1-5H3/b9-7?,27-18+/t25-,26-,31+,33-,35-/m0/s1. The molecule has 0 unspecified atom stereocenters. The van der Waals surface area contributed by atoms with Crippen molar-refractivity contribution in [1.29, 1.82) is 0 Å². The molecule has 2 fully saturated rings. The van der Waals surface area contributed by atoms with Crippen molar-refractivity contribution in [3.05, 3.63) is 59.7 Å². The Morgan fingerprint density at radius 2 is 1.78 bits per heavy atom. The summed E-state index contributed by atoms with van der Waals surface area (Å²) in [5.41, 5.74) is 2.21. The highest BCUT2D eigenvalue weighted by Crippen LogP contribution is 2.29. The van der Waals surface area contributed by atoms with Crippen LogP contribution in [-0.2, 0) is 21.3 Å². The zero-order valence-corrected chi connectivity index (χ0v) is 30.1. The number of hydrogen-bond acceptors (Lipinski definition) is 10. The highest BCUT2D eigenvalue weighted by atomic mass is 32.2. The first kappa shape index (κ1) is 36.9. The summed E-state index contributed by atoms with van der Waals surface area (Å²) in [5, 5.41) is 14.9. The molecule has 268 valence electrons. The predicted octanol–water partition coefficient (Wildman–Crippen LogP) is 4.83. The lowest BCUT2D eigenvalue weighted by Crippen LogP contribution is -2.48. The largest absolute Gasteiger partial charge is 0.457 e. The van der Waals surface area contributed by atoms with Crippen molar-refractivity contribution < 1.29 is 28.6 Å². The van der Waals surface area contributed by atoms with E-state index in [1.54, 1.807) is 27.6 Å². The van der Waals surface area contributed by atoms with Crippen LogP contribution in [0.25, 0.3) is 6.08 Å². The van der Waals surface area contributed by atoms with Gasteiger partial charge in [0.2, 0.25) is 0 Å². The summed E-state index contributed by atoms with van der Waals surface area (Å²) in [6.45, 7) is 11.8. The van der Waals surface area contributed by atoms with Crippen molar-refractivity contribution in [3.8, 4) is 0 Å². The van der Waals surface area contributed by atoms with Crippen LogP contribution in [0.2, 0.25) is 0 Å². The molecule has 49 heavy (non-hydrogen) atoms. The first-order chi connectivity index (χ1) is 23.4. The second-order valence-electron chi connectivity index (χ2n) is 13.7. The minimum Gasteiger partial charge on any atom is -0.457 e. The molecule has 3 aliphatic rings. The van der Waals surface area contributed by atoms with E-state index in [4.69, 9.17) is 9.47 Å². The average molecular weight is 699 g/mol. The zero-order valence-electron chi connectivity index (χ0n) is 29.3. The minimum atomic E-state index is -0.874. The Bertz CT molecular complexity index is 1490. The Morgan fingerprint density at radius 3 is 2.47 bits per heavy atom. The molecule has 1 aromatic carbocycles. The number of hydrogen-bond donors (Lipinski definition) is 1. The fraction of sp³-hybridized carbons (Fsp3) is 0.583. The molecule has 11 nitrogen and oxygen atoms in total. The lowest BCUT2D eigenvalue weighted by molar-refractivity contribution is -0.151. The highest BCUT2D eigenvalue weighted by molar-refractivity contribution is 7.97. The van der Waals surface area contributed by atoms with Crippen LogP contribution >= 0.6 is 11.9 Å². The van der Waals surface area contributed by atoms with Crippen molar-refractivity contribution in [2.45, 2.75) is 63.2 Å². The second kappa shape index (κ2) is 17.0. The molecule has 4 heterocycles. The number of likely N-dealkylation sites (N-methyl/N-ethyl adjacent to an activating group) is 1. The summed E-state index contributed by atoms with van der Waals surface area (Å²) in [7, 11) is 3.94. The molecule has 0 radical (unpaired) electrons. The van der Waals surface area contributed by atoms with Crippen LogP contribution in [0, 0.1) is 17.7 Å². The van der Waals surface area contributed by atoms with Crippen LogP contribution in [0.5, 0.6) is 0 Å². The monoisotopic (exact) mass is 698 g/mol. The maximum absolute atomic E-state index is 15.0. The van der Waals surface area contributed by atoms with Crippen LogP contribution < -0.4 is 4.90 Å². The van der Waals surface area contributed by atoms with Crippen molar-refractivity contribution >= 4 is 35.8 Å². The van der Waals surface area contributed by atoms with Crippen molar-refractivity contribution in [3.63, 3.8) is 0 Å². The Hall–Kier alpha value is -3.39. The normalized spacial score (nSPS) is 27.0. The Morgan fingerprint density at radius 1 is 1.04 bits per heavy atom. The van der Waals surface area contributed by atoms with Crippen LogP contribution in [0.15, 0.2) is 53.2 Å². The van der Waals surface area contributed by atoms with Gasteiger partial charge in [0.15, 0.2) is 0 Å². The number of aryl methyl sites for hydroxylation is 1. The third kappa shape index (κ3) is 10.6. The minimum absolute atomic E-state index is 0.0680. The number of aliphatic hydroxyl groups excluding tert-OH is 1. The zero-order chi connectivity index (χ0) is 35.1. The summed E-state index contributed by atoms with van der Waals surface area (Å²) in [6, 6.07) is 5.01. The number of cyclic esters (lactones) is 1.